The first kappa shape index (κ1) is 13.8. The minimum atomic E-state index is -4.14. The molecule has 0 fully saturated rings. The predicted octanol–water partition coefficient (Wildman–Crippen LogP) is 3.61. The number of nitrogens with zero attached hydrogens (tertiary/aromatic N) is 1. The number of hydrogen-bond donors (Lipinski definition) is 1. The summed E-state index contributed by atoms with van der Waals surface area (Å²) in [6.45, 7) is -0.258. The molecule has 0 bridgehead atoms. The maximum absolute atomic E-state index is 12.2. The van der Waals surface area contributed by atoms with Gasteiger partial charge in [-0.2, -0.15) is 13.2 Å². The fourth-order valence-electron chi connectivity index (χ4n) is 2.15. The van der Waals surface area contributed by atoms with Gasteiger partial charge in [0.1, 0.15) is 0 Å². The molecule has 0 aliphatic heterocycles. The van der Waals surface area contributed by atoms with E-state index in [2.05, 4.69) is 4.98 Å². The predicted molar refractivity (Wildman–Crippen MR) is 66.7 cm³/mol. The lowest BCUT2D eigenvalue weighted by molar-refractivity contribution is -0.135. The molecule has 0 radical (unpaired) electrons. The molecule has 0 aliphatic rings. The van der Waals surface area contributed by atoms with Crippen LogP contribution < -0.4 is 0 Å². The SMILES string of the molecule is OCc1ncc2ccccc2c1CCCC(F)(F)F. The first-order valence-corrected chi connectivity index (χ1v) is 6.04. The molecule has 1 heterocycles. The van der Waals surface area contributed by atoms with E-state index in [1.165, 1.54) is 0 Å². The van der Waals surface area contributed by atoms with Crippen LogP contribution in [-0.4, -0.2) is 16.3 Å². The Hall–Kier alpha value is -1.62. The third-order valence-corrected chi connectivity index (χ3v) is 3.03. The fourth-order valence-corrected chi connectivity index (χ4v) is 2.15. The zero-order valence-corrected chi connectivity index (χ0v) is 10.2. The standard InChI is InChI=1S/C14H14F3NO/c15-14(16,17)7-3-6-12-11-5-2-1-4-10(11)8-18-13(12)9-19/h1-2,4-5,8,19H,3,6-7,9H2. The maximum atomic E-state index is 12.2. The van der Waals surface area contributed by atoms with Gasteiger partial charge in [-0.15, -0.1) is 0 Å². The van der Waals surface area contributed by atoms with E-state index >= 15 is 0 Å². The number of aliphatic hydroxyl groups is 1. The summed E-state index contributed by atoms with van der Waals surface area (Å²) in [5.41, 5.74) is 1.17. The number of hydrogen-bond acceptors (Lipinski definition) is 2. The number of benzene rings is 1. The van der Waals surface area contributed by atoms with Gasteiger partial charge in [0.15, 0.2) is 0 Å². The van der Waals surface area contributed by atoms with Gasteiger partial charge in [0.25, 0.3) is 0 Å². The maximum Gasteiger partial charge on any atom is 0.389 e. The normalized spacial score (nSPS) is 12.0. The Balaban J connectivity index is 2.29. The van der Waals surface area contributed by atoms with Crippen molar-refractivity contribution in [3.63, 3.8) is 0 Å². The van der Waals surface area contributed by atoms with E-state index in [0.29, 0.717) is 11.3 Å². The van der Waals surface area contributed by atoms with Crippen LogP contribution in [0.1, 0.15) is 24.1 Å². The van der Waals surface area contributed by atoms with Crippen molar-refractivity contribution in [2.24, 2.45) is 0 Å². The third-order valence-electron chi connectivity index (χ3n) is 3.03. The van der Waals surface area contributed by atoms with Crippen LogP contribution in [0.25, 0.3) is 10.8 Å². The topological polar surface area (TPSA) is 33.1 Å². The highest BCUT2D eigenvalue weighted by atomic mass is 19.4. The Labute approximate surface area is 108 Å². The molecule has 2 aromatic rings. The molecule has 2 rings (SSSR count). The minimum Gasteiger partial charge on any atom is -0.390 e. The Morgan fingerprint density at radius 1 is 1.16 bits per heavy atom. The fraction of sp³-hybridized carbons (Fsp3) is 0.357. The summed E-state index contributed by atoms with van der Waals surface area (Å²) >= 11 is 0. The van der Waals surface area contributed by atoms with Crippen molar-refractivity contribution in [3.05, 3.63) is 41.7 Å². The number of alkyl halides is 3. The highest BCUT2D eigenvalue weighted by Gasteiger charge is 2.26. The third kappa shape index (κ3) is 3.44. The average molecular weight is 269 g/mol. The van der Waals surface area contributed by atoms with Gasteiger partial charge in [-0.3, -0.25) is 4.98 Å². The van der Waals surface area contributed by atoms with Crippen LogP contribution >= 0.6 is 0 Å². The molecule has 1 N–H and O–H groups in total. The highest BCUT2D eigenvalue weighted by Crippen LogP contribution is 2.26. The summed E-state index contributed by atoms with van der Waals surface area (Å²) in [7, 11) is 0. The molecule has 2 nitrogen and oxygen atoms in total. The molecular weight excluding hydrogens is 255 g/mol. The number of aromatic nitrogens is 1. The van der Waals surface area contributed by atoms with Crippen molar-refractivity contribution in [2.45, 2.75) is 32.0 Å². The Bertz CT molecular complexity index is 566. The molecule has 0 aliphatic carbocycles. The largest absolute Gasteiger partial charge is 0.390 e. The molecule has 1 aromatic heterocycles. The van der Waals surface area contributed by atoms with E-state index in [1.807, 2.05) is 24.3 Å². The summed E-state index contributed by atoms with van der Waals surface area (Å²) < 4.78 is 36.6. The molecule has 0 spiro atoms. The lowest BCUT2D eigenvalue weighted by atomic mass is 9.99. The molecule has 0 unspecified atom stereocenters. The zero-order valence-electron chi connectivity index (χ0n) is 10.2. The van der Waals surface area contributed by atoms with Gasteiger partial charge in [-0.1, -0.05) is 24.3 Å². The van der Waals surface area contributed by atoms with Crippen LogP contribution in [-0.2, 0) is 13.0 Å². The molecular formula is C14H14F3NO. The summed E-state index contributed by atoms with van der Waals surface area (Å²) in [5, 5.41) is 11.0. The zero-order chi connectivity index (χ0) is 13.9. The summed E-state index contributed by atoms with van der Waals surface area (Å²) in [6.07, 6.45) is -3.05. The van der Waals surface area contributed by atoms with Crippen molar-refractivity contribution < 1.29 is 18.3 Å². The van der Waals surface area contributed by atoms with Crippen molar-refractivity contribution >= 4 is 10.8 Å². The Morgan fingerprint density at radius 3 is 2.58 bits per heavy atom. The molecule has 0 saturated carbocycles. The van der Waals surface area contributed by atoms with Gasteiger partial charge in [-0.05, 0) is 23.8 Å². The second-order valence-electron chi connectivity index (χ2n) is 4.40. The van der Waals surface area contributed by atoms with Crippen molar-refractivity contribution in [3.8, 4) is 0 Å². The van der Waals surface area contributed by atoms with Gasteiger partial charge < -0.3 is 5.11 Å². The second kappa shape index (κ2) is 5.57. The molecule has 0 atom stereocenters. The van der Waals surface area contributed by atoms with E-state index in [1.54, 1.807) is 6.20 Å². The van der Waals surface area contributed by atoms with E-state index in [4.69, 9.17) is 0 Å². The smallest absolute Gasteiger partial charge is 0.389 e. The van der Waals surface area contributed by atoms with Gasteiger partial charge in [0.05, 0.1) is 12.3 Å². The van der Waals surface area contributed by atoms with Crippen LogP contribution in [0.4, 0.5) is 13.2 Å². The average Bonchev–Trinajstić information content (AvgIpc) is 2.37. The summed E-state index contributed by atoms with van der Waals surface area (Å²) in [5.74, 6) is 0. The molecule has 102 valence electrons. The first-order chi connectivity index (χ1) is 9.01. The van der Waals surface area contributed by atoms with E-state index in [-0.39, 0.29) is 19.4 Å². The minimum absolute atomic E-state index is 0.00614. The second-order valence-corrected chi connectivity index (χ2v) is 4.40. The van der Waals surface area contributed by atoms with Crippen LogP contribution in [0.2, 0.25) is 0 Å². The lowest BCUT2D eigenvalue weighted by Crippen LogP contribution is -2.08. The molecule has 19 heavy (non-hydrogen) atoms. The number of halogens is 3. The molecule has 1 aromatic carbocycles. The van der Waals surface area contributed by atoms with Gasteiger partial charge in [-0.25, -0.2) is 0 Å². The van der Waals surface area contributed by atoms with Crippen LogP contribution in [0.5, 0.6) is 0 Å². The lowest BCUT2D eigenvalue weighted by Gasteiger charge is -2.11. The molecule has 0 amide bonds. The van der Waals surface area contributed by atoms with Crippen molar-refractivity contribution in [2.75, 3.05) is 0 Å². The Kier molecular flexibility index (Phi) is 4.04. The van der Waals surface area contributed by atoms with Crippen LogP contribution in [0.3, 0.4) is 0 Å². The van der Waals surface area contributed by atoms with Gasteiger partial charge in [0, 0.05) is 18.0 Å². The van der Waals surface area contributed by atoms with E-state index in [0.717, 1.165) is 10.8 Å². The number of rotatable bonds is 4. The number of aliphatic hydroxyl groups excluding tert-OH is 1. The summed E-state index contributed by atoms with van der Waals surface area (Å²) in [6, 6.07) is 7.38. The number of aryl methyl sites for hydroxylation is 1. The monoisotopic (exact) mass is 269 g/mol. The summed E-state index contributed by atoms with van der Waals surface area (Å²) in [4.78, 5) is 4.11. The first-order valence-electron chi connectivity index (χ1n) is 6.04. The number of pyridine rings is 1. The van der Waals surface area contributed by atoms with E-state index in [9.17, 15) is 18.3 Å². The van der Waals surface area contributed by atoms with Gasteiger partial charge in [0.2, 0.25) is 0 Å². The Morgan fingerprint density at radius 2 is 1.89 bits per heavy atom. The van der Waals surface area contributed by atoms with Gasteiger partial charge >= 0.3 is 6.18 Å². The van der Waals surface area contributed by atoms with E-state index < -0.39 is 12.6 Å². The quantitative estimate of drug-likeness (QED) is 0.919. The van der Waals surface area contributed by atoms with Crippen LogP contribution in [0, 0.1) is 0 Å². The van der Waals surface area contributed by atoms with Crippen molar-refractivity contribution in [1.82, 2.24) is 4.98 Å². The highest BCUT2D eigenvalue weighted by molar-refractivity contribution is 5.85. The van der Waals surface area contributed by atoms with Crippen molar-refractivity contribution in [1.29, 1.82) is 0 Å². The molecule has 5 heteroatoms. The molecule has 0 saturated heterocycles. The number of fused-ring (bicyclic) bond motifs is 1. The van der Waals surface area contributed by atoms with Crippen LogP contribution in [0.15, 0.2) is 30.5 Å².